The number of carbonyl (C=O) groups excluding carboxylic acids is 2. The number of nitrogens with zero attached hydrogens (tertiary/aromatic N) is 1. The minimum atomic E-state index is -0.587. The van der Waals surface area contributed by atoms with Crippen molar-refractivity contribution in [1.29, 1.82) is 0 Å². The molecule has 0 bridgehead atoms. The lowest BCUT2D eigenvalue weighted by Gasteiger charge is -2.31. The number of methoxy groups -OCH3 is 1. The summed E-state index contributed by atoms with van der Waals surface area (Å²) in [5, 5.41) is 5.75. The van der Waals surface area contributed by atoms with Crippen LogP contribution in [0, 0.1) is 0 Å². The summed E-state index contributed by atoms with van der Waals surface area (Å²) >= 11 is 0. The van der Waals surface area contributed by atoms with Crippen LogP contribution in [0.3, 0.4) is 0 Å². The van der Waals surface area contributed by atoms with E-state index in [1.165, 1.54) is 5.56 Å². The Morgan fingerprint density at radius 1 is 1.09 bits per heavy atom. The Morgan fingerprint density at radius 2 is 1.84 bits per heavy atom. The van der Waals surface area contributed by atoms with Gasteiger partial charge in [-0.1, -0.05) is 42.5 Å². The number of hydrogen-bond acceptors (Lipinski definition) is 5. The van der Waals surface area contributed by atoms with Crippen LogP contribution in [0.15, 0.2) is 65.9 Å². The Kier molecular flexibility index (Phi) is 6.75. The van der Waals surface area contributed by atoms with Crippen LogP contribution in [-0.2, 0) is 9.53 Å². The molecular weight excluding hydrogens is 406 g/mol. The van der Waals surface area contributed by atoms with E-state index in [2.05, 4.69) is 39.8 Å². The highest BCUT2D eigenvalue weighted by atomic mass is 16.5. The van der Waals surface area contributed by atoms with Gasteiger partial charge in [0.25, 0.3) is 0 Å². The standard InChI is InChI=1S/C25H29N3O4/c1-3-32-24(29)22-21(16-28-14-13-19(15-28)17-7-5-4-6-8-17)26-25(30)27-23(22)18-9-11-20(31-2)12-10-18/h4-12,19,23H,3,13-16H2,1-2H3,(H2,26,27,30). The molecule has 2 atom stereocenters. The summed E-state index contributed by atoms with van der Waals surface area (Å²) in [4.78, 5) is 27.8. The van der Waals surface area contributed by atoms with Crippen molar-refractivity contribution in [1.82, 2.24) is 15.5 Å². The monoisotopic (exact) mass is 435 g/mol. The van der Waals surface area contributed by atoms with E-state index >= 15 is 0 Å². The summed E-state index contributed by atoms with van der Waals surface area (Å²) in [5.41, 5.74) is 3.16. The van der Waals surface area contributed by atoms with Gasteiger partial charge in [0.05, 0.1) is 25.3 Å². The van der Waals surface area contributed by atoms with Crippen LogP contribution in [0.1, 0.15) is 36.4 Å². The smallest absolute Gasteiger partial charge is 0.338 e. The van der Waals surface area contributed by atoms with E-state index in [0.717, 1.165) is 25.1 Å². The first-order valence-corrected chi connectivity index (χ1v) is 11.0. The third-order valence-electron chi connectivity index (χ3n) is 6.02. The number of rotatable bonds is 7. The lowest BCUT2D eigenvalue weighted by molar-refractivity contribution is -0.139. The molecule has 2 aromatic carbocycles. The molecule has 0 radical (unpaired) electrons. The summed E-state index contributed by atoms with van der Waals surface area (Å²) in [7, 11) is 1.60. The number of esters is 1. The Bertz CT molecular complexity index is 988. The first-order chi connectivity index (χ1) is 15.6. The molecule has 2 aliphatic heterocycles. The Morgan fingerprint density at radius 3 is 2.53 bits per heavy atom. The van der Waals surface area contributed by atoms with Crippen molar-refractivity contribution in [3.05, 3.63) is 77.0 Å². The average Bonchev–Trinajstić information content (AvgIpc) is 3.28. The van der Waals surface area contributed by atoms with Crippen molar-refractivity contribution in [2.75, 3.05) is 33.4 Å². The predicted molar refractivity (Wildman–Crippen MR) is 121 cm³/mol. The molecule has 7 nitrogen and oxygen atoms in total. The molecule has 0 spiro atoms. The molecule has 4 rings (SSSR count). The summed E-state index contributed by atoms with van der Waals surface area (Å²) < 4.78 is 10.6. The lowest BCUT2D eigenvalue weighted by Crippen LogP contribution is -2.48. The van der Waals surface area contributed by atoms with Crippen LogP contribution in [0.2, 0.25) is 0 Å². The first-order valence-electron chi connectivity index (χ1n) is 11.0. The van der Waals surface area contributed by atoms with E-state index in [9.17, 15) is 9.59 Å². The largest absolute Gasteiger partial charge is 0.497 e. The minimum absolute atomic E-state index is 0.263. The SMILES string of the molecule is CCOC(=O)C1=C(CN2CCC(c3ccccc3)C2)NC(=O)NC1c1ccc(OC)cc1. The molecule has 2 unspecified atom stereocenters. The molecule has 168 valence electrons. The summed E-state index contributed by atoms with van der Waals surface area (Å²) in [6.07, 6.45) is 1.04. The maximum atomic E-state index is 13.0. The Labute approximate surface area is 188 Å². The van der Waals surface area contributed by atoms with Gasteiger partial charge in [-0.05, 0) is 49.1 Å². The summed E-state index contributed by atoms with van der Waals surface area (Å²) in [6.45, 7) is 4.30. The highest BCUT2D eigenvalue weighted by molar-refractivity contribution is 5.95. The van der Waals surface area contributed by atoms with Crippen LogP contribution in [-0.4, -0.2) is 50.3 Å². The number of carbonyl (C=O) groups is 2. The van der Waals surface area contributed by atoms with Crippen LogP contribution < -0.4 is 15.4 Å². The highest BCUT2D eigenvalue weighted by Gasteiger charge is 2.35. The van der Waals surface area contributed by atoms with Gasteiger partial charge in [0.2, 0.25) is 0 Å². The summed E-state index contributed by atoms with van der Waals surface area (Å²) in [5.74, 6) is 0.729. The zero-order chi connectivity index (χ0) is 22.5. The lowest BCUT2D eigenvalue weighted by atomic mass is 9.95. The van der Waals surface area contributed by atoms with E-state index in [-0.39, 0.29) is 12.6 Å². The second kappa shape index (κ2) is 9.87. The quantitative estimate of drug-likeness (QED) is 0.652. The van der Waals surface area contributed by atoms with Crippen molar-refractivity contribution in [2.45, 2.75) is 25.3 Å². The molecule has 2 amide bonds. The Hall–Kier alpha value is -3.32. The first kappa shape index (κ1) is 21.9. The van der Waals surface area contributed by atoms with Gasteiger partial charge in [-0.15, -0.1) is 0 Å². The highest BCUT2D eigenvalue weighted by Crippen LogP contribution is 2.31. The molecule has 2 heterocycles. The van der Waals surface area contributed by atoms with Gasteiger partial charge < -0.3 is 20.1 Å². The fraction of sp³-hybridized carbons (Fsp3) is 0.360. The van der Waals surface area contributed by atoms with Crippen molar-refractivity contribution >= 4 is 12.0 Å². The summed E-state index contributed by atoms with van der Waals surface area (Å²) in [6, 6.07) is 16.9. The van der Waals surface area contributed by atoms with Gasteiger partial charge in [0.1, 0.15) is 5.75 Å². The van der Waals surface area contributed by atoms with Crippen LogP contribution in [0.25, 0.3) is 0 Å². The van der Waals surface area contributed by atoms with Crippen molar-refractivity contribution in [3.8, 4) is 5.75 Å². The van der Waals surface area contributed by atoms with E-state index in [1.807, 2.05) is 30.3 Å². The van der Waals surface area contributed by atoms with Crippen molar-refractivity contribution < 1.29 is 19.1 Å². The van der Waals surface area contributed by atoms with Gasteiger partial charge >= 0.3 is 12.0 Å². The predicted octanol–water partition coefficient (Wildman–Crippen LogP) is 3.36. The molecule has 2 aliphatic rings. The number of nitrogens with one attached hydrogen (secondary N) is 2. The number of urea groups is 1. The zero-order valence-electron chi connectivity index (χ0n) is 18.5. The number of ether oxygens (including phenoxy) is 2. The van der Waals surface area contributed by atoms with Gasteiger partial charge in [-0.2, -0.15) is 0 Å². The van der Waals surface area contributed by atoms with Crippen LogP contribution >= 0.6 is 0 Å². The maximum Gasteiger partial charge on any atom is 0.338 e. The van der Waals surface area contributed by atoms with E-state index in [0.29, 0.717) is 29.5 Å². The third-order valence-corrected chi connectivity index (χ3v) is 6.02. The van der Waals surface area contributed by atoms with Crippen LogP contribution in [0.5, 0.6) is 5.75 Å². The minimum Gasteiger partial charge on any atom is -0.497 e. The fourth-order valence-electron chi connectivity index (χ4n) is 4.44. The fourth-order valence-corrected chi connectivity index (χ4v) is 4.44. The zero-order valence-corrected chi connectivity index (χ0v) is 18.5. The second-order valence-corrected chi connectivity index (χ2v) is 8.05. The normalized spacial score (nSPS) is 21.1. The number of likely N-dealkylation sites (tertiary alicyclic amines) is 1. The number of hydrogen-bond donors (Lipinski definition) is 2. The molecule has 1 saturated heterocycles. The molecule has 0 aromatic heterocycles. The van der Waals surface area contributed by atoms with Crippen molar-refractivity contribution in [3.63, 3.8) is 0 Å². The van der Waals surface area contributed by atoms with E-state index in [4.69, 9.17) is 9.47 Å². The van der Waals surface area contributed by atoms with Gasteiger partial charge in [-0.3, -0.25) is 4.90 Å². The van der Waals surface area contributed by atoms with Crippen LogP contribution in [0.4, 0.5) is 4.79 Å². The molecule has 7 heteroatoms. The molecule has 1 fully saturated rings. The third kappa shape index (κ3) is 4.78. The maximum absolute atomic E-state index is 13.0. The molecule has 2 N–H and O–H groups in total. The number of benzene rings is 2. The van der Waals surface area contributed by atoms with E-state index in [1.54, 1.807) is 14.0 Å². The van der Waals surface area contributed by atoms with Crippen molar-refractivity contribution in [2.24, 2.45) is 0 Å². The average molecular weight is 436 g/mol. The van der Waals surface area contributed by atoms with Gasteiger partial charge in [0.15, 0.2) is 0 Å². The van der Waals surface area contributed by atoms with E-state index < -0.39 is 12.0 Å². The molecule has 32 heavy (non-hydrogen) atoms. The number of amides is 2. The van der Waals surface area contributed by atoms with Gasteiger partial charge in [0, 0.05) is 18.8 Å². The Balaban J connectivity index is 1.61. The molecule has 0 saturated carbocycles. The topological polar surface area (TPSA) is 79.9 Å². The second-order valence-electron chi connectivity index (χ2n) is 8.05. The molecule has 0 aliphatic carbocycles. The van der Waals surface area contributed by atoms with Gasteiger partial charge in [-0.25, -0.2) is 9.59 Å². The molecule has 2 aromatic rings. The molecular formula is C25H29N3O4.